The Morgan fingerprint density at radius 3 is 2.38 bits per heavy atom. The topological polar surface area (TPSA) is 23.6 Å². The van der Waals surface area contributed by atoms with E-state index in [0.29, 0.717) is 24.2 Å². The van der Waals surface area contributed by atoms with Gasteiger partial charge >= 0.3 is 0 Å². The summed E-state index contributed by atoms with van der Waals surface area (Å²) in [6.07, 6.45) is 4.73. The summed E-state index contributed by atoms with van der Waals surface area (Å²) in [5.41, 5.74) is 0.221. The molecule has 0 aromatic rings. The summed E-state index contributed by atoms with van der Waals surface area (Å²) in [6.45, 7) is 13.2. The van der Waals surface area contributed by atoms with Crippen LogP contribution in [0.3, 0.4) is 0 Å². The second-order valence-electron chi connectivity index (χ2n) is 8.63. The molecule has 0 aromatic carbocycles. The number of carbonyl (C=O) groups is 1. The zero-order chi connectivity index (χ0) is 15.6. The highest BCUT2D eigenvalue weighted by molar-refractivity contribution is 5.76. The Hall–Kier alpha value is -0.570. The van der Waals surface area contributed by atoms with Crippen molar-refractivity contribution in [2.75, 3.05) is 33.2 Å². The smallest absolute Gasteiger partial charge is 0.222 e. The van der Waals surface area contributed by atoms with Crippen LogP contribution < -0.4 is 0 Å². The molecule has 1 saturated heterocycles. The van der Waals surface area contributed by atoms with Gasteiger partial charge in [0, 0.05) is 32.6 Å². The van der Waals surface area contributed by atoms with Crippen molar-refractivity contribution in [2.24, 2.45) is 23.2 Å². The summed E-state index contributed by atoms with van der Waals surface area (Å²) >= 11 is 0. The largest absolute Gasteiger partial charge is 0.342 e. The van der Waals surface area contributed by atoms with E-state index in [0.717, 1.165) is 25.6 Å². The highest BCUT2D eigenvalue weighted by Gasteiger charge is 2.31. The molecule has 0 aromatic heterocycles. The van der Waals surface area contributed by atoms with Crippen LogP contribution in [0.15, 0.2) is 0 Å². The second kappa shape index (κ2) is 6.68. The van der Waals surface area contributed by atoms with E-state index in [1.165, 1.54) is 25.8 Å². The molecule has 3 heteroatoms. The lowest BCUT2D eigenvalue weighted by atomic mass is 9.80. The first-order valence-corrected chi connectivity index (χ1v) is 8.72. The molecule has 0 N–H and O–H groups in total. The van der Waals surface area contributed by atoms with Gasteiger partial charge in [0.15, 0.2) is 0 Å². The third kappa shape index (κ3) is 5.28. The maximum absolute atomic E-state index is 12.4. The predicted molar refractivity (Wildman–Crippen MR) is 88.1 cm³/mol. The summed E-state index contributed by atoms with van der Waals surface area (Å²) in [5.74, 6) is 2.45. The summed E-state index contributed by atoms with van der Waals surface area (Å²) in [4.78, 5) is 17.0. The molecule has 2 fully saturated rings. The van der Waals surface area contributed by atoms with Gasteiger partial charge in [-0.3, -0.25) is 4.79 Å². The molecule has 21 heavy (non-hydrogen) atoms. The first-order chi connectivity index (χ1) is 9.75. The van der Waals surface area contributed by atoms with Crippen LogP contribution in [0.5, 0.6) is 0 Å². The lowest BCUT2D eigenvalue weighted by Crippen LogP contribution is -2.34. The van der Waals surface area contributed by atoms with Gasteiger partial charge in [-0.15, -0.1) is 0 Å². The van der Waals surface area contributed by atoms with Crippen LogP contribution in [-0.2, 0) is 4.79 Å². The number of nitrogens with zero attached hydrogens (tertiary/aromatic N) is 2. The molecule has 0 bridgehead atoms. The van der Waals surface area contributed by atoms with E-state index in [9.17, 15) is 4.79 Å². The van der Waals surface area contributed by atoms with Gasteiger partial charge < -0.3 is 9.80 Å². The van der Waals surface area contributed by atoms with Crippen LogP contribution in [0.4, 0.5) is 0 Å². The van der Waals surface area contributed by atoms with Crippen LogP contribution in [0, 0.1) is 23.2 Å². The van der Waals surface area contributed by atoms with E-state index in [2.05, 4.69) is 44.5 Å². The van der Waals surface area contributed by atoms with Crippen LogP contribution in [0.2, 0.25) is 0 Å². The third-order valence-electron chi connectivity index (χ3n) is 5.43. The normalized spacial score (nSPS) is 24.7. The van der Waals surface area contributed by atoms with Gasteiger partial charge in [0.1, 0.15) is 0 Å². The van der Waals surface area contributed by atoms with Crippen LogP contribution in [0.25, 0.3) is 0 Å². The molecule has 2 rings (SSSR count). The number of carbonyl (C=O) groups excluding carboxylic acids is 1. The van der Waals surface area contributed by atoms with Crippen molar-refractivity contribution >= 4 is 5.91 Å². The fourth-order valence-corrected chi connectivity index (χ4v) is 3.16. The van der Waals surface area contributed by atoms with Crippen LogP contribution in [0.1, 0.15) is 53.4 Å². The molecule has 3 nitrogen and oxygen atoms in total. The van der Waals surface area contributed by atoms with E-state index >= 15 is 0 Å². The van der Waals surface area contributed by atoms with Crippen molar-refractivity contribution < 1.29 is 4.79 Å². The Kier molecular flexibility index (Phi) is 5.34. The Labute approximate surface area is 131 Å². The standard InChI is InChI=1S/C18H34N2O/c1-14(18(2,3)4)10-17(21)20-9-8-16(13-20)12-19(5)11-15-6-7-15/h14-16H,6-13H2,1-5H3. The lowest BCUT2D eigenvalue weighted by Gasteiger charge is -2.28. The summed E-state index contributed by atoms with van der Waals surface area (Å²) in [5, 5.41) is 0. The van der Waals surface area contributed by atoms with Crippen molar-refractivity contribution in [2.45, 2.75) is 53.4 Å². The maximum atomic E-state index is 12.4. The molecule has 1 amide bonds. The zero-order valence-corrected chi connectivity index (χ0v) is 14.7. The molecule has 2 aliphatic rings. The van der Waals surface area contributed by atoms with Crippen molar-refractivity contribution in [3.63, 3.8) is 0 Å². The second-order valence-corrected chi connectivity index (χ2v) is 8.63. The minimum Gasteiger partial charge on any atom is -0.342 e. The molecule has 122 valence electrons. The van der Waals surface area contributed by atoms with E-state index in [1.807, 2.05) is 0 Å². The molecular formula is C18H34N2O. The number of hydrogen-bond acceptors (Lipinski definition) is 2. The van der Waals surface area contributed by atoms with Gasteiger partial charge in [0.05, 0.1) is 0 Å². The van der Waals surface area contributed by atoms with Crippen molar-refractivity contribution in [3.05, 3.63) is 0 Å². The monoisotopic (exact) mass is 294 g/mol. The first-order valence-electron chi connectivity index (χ1n) is 8.72. The Morgan fingerprint density at radius 1 is 1.19 bits per heavy atom. The average molecular weight is 294 g/mol. The van der Waals surface area contributed by atoms with Crippen molar-refractivity contribution in [1.82, 2.24) is 9.80 Å². The molecule has 2 unspecified atom stereocenters. The van der Waals surface area contributed by atoms with E-state index < -0.39 is 0 Å². The molecule has 0 spiro atoms. The minimum atomic E-state index is 0.221. The van der Waals surface area contributed by atoms with Gasteiger partial charge in [-0.2, -0.15) is 0 Å². The summed E-state index contributed by atoms with van der Waals surface area (Å²) in [7, 11) is 2.24. The van der Waals surface area contributed by atoms with Gasteiger partial charge in [0.25, 0.3) is 0 Å². The SMILES string of the molecule is CC(CC(=O)N1CCC(CN(C)CC2CC2)C1)C(C)(C)C. The molecule has 2 atom stereocenters. The van der Waals surface area contributed by atoms with Crippen molar-refractivity contribution in [1.29, 1.82) is 0 Å². The number of rotatable bonds is 6. The molecule has 1 saturated carbocycles. The van der Waals surface area contributed by atoms with Gasteiger partial charge in [0.2, 0.25) is 5.91 Å². The quantitative estimate of drug-likeness (QED) is 0.751. The molecular weight excluding hydrogens is 260 g/mol. The first kappa shape index (κ1) is 16.8. The van der Waals surface area contributed by atoms with E-state index in [-0.39, 0.29) is 5.41 Å². The molecule has 1 heterocycles. The average Bonchev–Trinajstić information content (AvgIpc) is 3.03. The Bertz CT molecular complexity index is 357. The summed E-state index contributed by atoms with van der Waals surface area (Å²) < 4.78 is 0. The minimum absolute atomic E-state index is 0.221. The molecule has 1 aliphatic heterocycles. The van der Waals surface area contributed by atoms with Crippen molar-refractivity contribution in [3.8, 4) is 0 Å². The highest BCUT2D eigenvalue weighted by atomic mass is 16.2. The van der Waals surface area contributed by atoms with Gasteiger partial charge in [-0.25, -0.2) is 0 Å². The number of likely N-dealkylation sites (tertiary alicyclic amines) is 1. The molecule has 1 aliphatic carbocycles. The fraction of sp³-hybridized carbons (Fsp3) is 0.944. The lowest BCUT2D eigenvalue weighted by molar-refractivity contribution is -0.132. The molecule has 0 radical (unpaired) electrons. The highest BCUT2D eigenvalue weighted by Crippen LogP contribution is 2.31. The third-order valence-corrected chi connectivity index (χ3v) is 5.43. The van der Waals surface area contributed by atoms with Gasteiger partial charge in [-0.05, 0) is 49.5 Å². The Morgan fingerprint density at radius 2 is 1.81 bits per heavy atom. The van der Waals surface area contributed by atoms with Crippen LogP contribution >= 0.6 is 0 Å². The van der Waals surface area contributed by atoms with Gasteiger partial charge in [-0.1, -0.05) is 27.7 Å². The number of hydrogen-bond donors (Lipinski definition) is 0. The maximum Gasteiger partial charge on any atom is 0.222 e. The van der Waals surface area contributed by atoms with E-state index in [4.69, 9.17) is 0 Å². The zero-order valence-electron chi connectivity index (χ0n) is 14.7. The van der Waals surface area contributed by atoms with Crippen LogP contribution in [-0.4, -0.2) is 48.9 Å². The van der Waals surface area contributed by atoms with E-state index in [1.54, 1.807) is 0 Å². The summed E-state index contributed by atoms with van der Waals surface area (Å²) in [6, 6.07) is 0. The predicted octanol–water partition coefficient (Wildman–Crippen LogP) is 3.25. The fourth-order valence-electron chi connectivity index (χ4n) is 3.16. The number of amides is 1. The Balaban J connectivity index is 1.72.